The topological polar surface area (TPSA) is 94.9 Å². The lowest BCUT2D eigenvalue weighted by atomic mass is 9.97. The highest BCUT2D eigenvalue weighted by Gasteiger charge is 2.15. The van der Waals surface area contributed by atoms with Crippen LogP contribution in [-0.2, 0) is 0 Å². The molecule has 0 unspecified atom stereocenters. The first-order valence-corrected chi connectivity index (χ1v) is 6.50. The summed E-state index contributed by atoms with van der Waals surface area (Å²) < 4.78 is 0. The van der Waals surface area contributed by atoms with Crippen LogP contribution in [0.2, 0.25) is 0 Å². The fourth-order valence-electron chi connectivity index (χ4n) is 2.42. The zero-order valence-electron chi connectivity index (χ0n) is 11.5. The summed E-state index contributed by atoms with van der Waals surface area (Å²) in [6.07, 6.45) is 0. The summed E-state index contributed by atoms with van der Waals surface area (Å²) in [5.74, 6) is -0.678. The summed E-state index contributed by atoms with van der Waals surface area (Å²) >= 11 is 0. The number of carbonyl (C=O) groups excluding carboxylic acids is 1. The Labute approximate surface area is 121 Å². The summed E-state index contributed by atoms with van der Waals surface area (Å²) in [5, 5.41) is 8.70. The molecule has 0 saturated heterocycles. The van der Waals surface area contributed by atoms with E-state index < -0.39 is 5.91 Å². The second kappa shape index (κ2) is 4.86. The van der Waals surface area contributed by atoms with E-state index >= 15 is 0 Å². The van der Waals surface area contributed by atoms with Crippen LogP contribution in [0.4, 0.5) is 5.69 Å². The number of nitrogen functional groups attached to an aromatic ring is 1. The van der Waals surface area contributed by atoms with E-state index in [0.29, 0.717) is 10.9 Å². The van der Waals surface area contributed by atoms with Crippen molar-refractivity contribution in [2.45, 2.75) is 6.92 Å². The Morgan fingerprint density at radius 3 is 2.43 bits per heavy atom. The van der Waals surface area contributed by atoms with Gasteiger partial charge in [-0.25, -0.2) is 0 Å². The quantitative estimate of drug-likeness (QED) is 0.751. The van der Waals surface area contributed by atoms with Gasteiger partial charge in [0, 0.05) is 10.9 Å². The average molecular weight is 278 g/mol. The van der Waals surface area contributed by atoms with Crippen LogP contribution in [-0.4, -0.2) is 16.1 Å². The number of rotatable bonds is 2. The maximum atomic E-state index is 11.3. The zero-order chi connectivity index (χ0) is 15.0. The molecular formula is C16H14N4O. The lowest BCUT2D eigenvalue weighted by Crippen LogP contribution is -2.16. The Hall–Kier alpha value is -2.95. The Morgan fingerprint density at radius 2 is 1.71 bits per heavy atom. The molecule has 3 rings (SSSR count). The fourth-order valence-corrected chi connectivity index (χ4v) is 2.42. The van der Waals surface area contributed by atoms with Crippen LogP contribution in [0, 0.1) is 6.92 Å². The van der Waals surface area contributed by atoms with E-state index in [1.807, 2.05) is 49.4 Å². The minimum absolute atomic E-state index is 0.00411. The van der Waals surface area contributed by atoms with Gasteiger partial charge < -0.3 is 11.5 Å². The Bertz CT molecular complexity index is 858. The van der Waals surface area contributed by atoms with Crippen LogP contribution < -0.4 is 11.5 Å². The van der Waals surface area contributed by atoms with E-state index in [0.717, 1.165) is 16.7 Å². The Balaban J connectivity index is 2.34. The van der Waals surface area contributed by atoms with Crippen LogP contribution in [0.5, 0.6) is 0 Å². The molecule has 5 nitrogen and oxygen atoms in total. The number of fused-ring (bicyclic) bond motifs is 1. The molecule has 1 aromatic heterocycles. The van der Waals surface area contributed by atoms with Gasteiger partial charge in [-0.1, -0.05) is 42.5 Å². The predicted molar refractivity (Wildman–Crippen MR) is 82.6 cm³/mol. The third-order valence-electron chi connectivity index (χ3n) is 3.50. The number of hydrogen-bond acceptors (Lipinski definition) is 4. The van der Waals surface area contributed by atoms with Crippen LogP contribution in [0.3, 0.4) is 0 Å². The van der Waals surface area contributed by atoms with E-state index in [1.165, 1.54) is 0 Å². The van der Waals surface area contributed by atoms with Crippen molar-refractivity contribution in [1.82, 2.24) is 10.2 Å². The molecule has 0 bridgehead atoms. The van der Waals surface area contributed by atoms with Crippen LogP contribution >= 0.6 is 0 Å². The molecule has 1 heterocycles. The number of aryl methyl sites for hydroxylation is 1. The molecule has 0 aliphatic rings. The number of anilines is 1. The normalized spacial score (nSPS) is 10.7. The number of aromatic nitrogens is 2. The molecule has 0 spiro atoms. The van der Waals surface area contributed by atoms with Gasteiger partial charge in [-0.15, -0.1) is 10.2 Å². The van der Waals surface area contributed by atoms with Crippen molar-refractivity contribution in [3.63, 3.8) is 0 Å². The summed E-state index contributed by atoms with van der Waals surface area (Å²) in [6, 6.07) is 13.7. The van der Waals surface area contributed by atoms with Crippen molar-refractivity contribution >= 4 is 22.5 Å². The number of primary amides is 1. The lowest BCUT2D eigenvalue weighted by Gasteiger charge is -2.10. The van der Waals surface area contributed by atoms with Gasteiger partial charge >= 0.3 is 0 Å². The third kappa shape index (κ3) is 2.08. The van der Waals surface area contributed by atoms with Crippen LogP contribution in [0.1, 0.15) is 16.1 Å². The van der Waals surface area contributed by atoms with Crippen molar-refractivity contribution in [3.8, 4) is 11.1 Å². The molecule has 21 heavy (non-hydrogen) atoms. The number of carbonyl (C=O) groups is 1. The molecule has 0 fully saturated rings. The SMILES string of the molecule is Cc1ccccc1-c1cccc2c(N)c(C(N)=O)nnc12. The maximum absolute atomic E-state index is 11.3. The number of amides is 1. The van der Waals surface area contributed by atoms with Gasteiger partial charge in [0.1, 0.15) is 5.52 Å². The number of benzene rings is 2. The largest absolute Gasteiger partial charge is 0.396 e. The Morgan fingerprint density at radius 1 is 1.00 bits per heavy atom. The van der Waals surface area contributed by atoms with Crippen molar-refractivity contribution < 1.29 is 4.79 Å². The minimum Gasteiger partial charge on any atom is -0.396 e. The molecule has 0 radical (unpaired) electrons. The first kappa shape index (κ1) is 13.1. The second-order valence-corrected chi connectivity index (χ2v) is 4.84. The number of nitrogens with two attached hydrogens (primary N) is 2. The highest BCUT2D eigenvalue weighted by molar-refractivity contribution is 6.07. The summed E-state index contributed by atoms with van der Waals surface area (Å²) in [4.78, 5) is 11.3. The van der Waals surface area contributed by atoms with E-state index in [9.17, 15) is 4.79 Å². The van der Waals surface area contributed by atoms with E-state index in [2.05, 4.69) is 10.2 Å². The van der Waals surface area contributed by atoms with Gasteiger partial charge in [0.25, 0.3) is 5.91 Å². The summed E-state index contributed by atoms with van der Waals surface area (Å²) in [5.41, 5.74) is 15.3. The van der Waals surface area contributed by atoms with Gasteiger partial charge in [0.2, 0.25) is 0 Å². The number of hydrogen-bond donors (Lipinski definition) is 2. The molecule has 0 aliphatic carbocycles. The fraction of sp³-hybridized carbons (Fsp3) is 0.0625. The predicted octanol–water partition coefficient (Wildman–Crippen LogP) is 2.29. The van der Waals surface area contributed by atoms with Crippen molar-refractivity contribution in [1.29, 1.82) is 0 Å². The minimum atomic E-state index is -0.678. The molecule has 1 amide bonds. The lowest BCUT2D eigenvalue weighted by molar-refractivity contribution is 0.0996. The highest BCUT2D eigenvalue weighted by Crippen LogP contribution is 2.32. The van der Waals surface area contributed by atoms with Crippen LogP contribution in [0.25, 0.3) is 22.0 Å². The van der Waals surface area contributed by atoms with Crippen molar-refractivity contribution in [3.05, 3.63) is 53.7 Å². The molecular weight excluding hydrogens is 264 g/mol. The van der Waals surface area contributed by atoms with E-state index in [1.54, 1.807) is 0 Å². The van der Waals surface area contributed by atoms with Crippen molar-refractivity contribution in [2.75, 3.05) is 5.73 Å². The third-order valence-corrected chi connectivity index (χ3v) is 3.50. The van der Waals surface area contributed by atoms with Crippen molar-refractivity contribution in [2.24, 2.45) is 5.73 Å². The summed E-state index contributed by atoms with van der Waals surface area (Å²) in [7, 11) is 0. The average Bonchev–Trinajstić information content (AvgIpc) is 2.47. The molecule has 3 aromatic rings. The standard InChI is InChI=1S/C16H14N4O/c1-9-5-2-3-6-10(9)11-7-4-8-12-13(17)15(16(18)21)20-19-14(11)12/h2-8H,1H3,(H2,17,19)(H2,18,21). The van der Waals surface area contributed by atoms with Gasteiger partial charge in [-0.2, -0.15) is 0 Å². The maximum Gasteiger partial charge on any atom is 0.271 e. The number of nitrogens with zero attached hydrogens (tertiary/aromatic N) is 2. The van der Waals surface area contributed by atoms with Gasteiger partial charge in [-0.3, -0.25) is 4.79 Å². The Kier molecular flexibility index (Phi) is 3.02. The zero-order valence-corrected chi connectivity index (χ0v) is 11.5. The molecule has 104 valence electrons. The molecule has 0 atom stereocenters. The molecule has 2 aromatic carbocycles. The highest BCUT2D eigenvalue weighted by atomic mass is 16.1. The van der Waals surface area contributed by atoms with E-state index in [-0.39, 0.29) is 11.4 Å². The monoisotopic (exact) mass is 278 g/mol. The molecule has 4 N–H and O–H groups in total. The first-order valence-electron chi connectivity index (χ1n) is 6.50. The molecule has 0 saturated carbocycles. The second-order valence-electron chi connectivity index (χ2n) is 4.84. The smallest absolute Gasteiger partial charge is 0.271 e. The van der Waals surface area contributed by atoms with Gasteiger partial charge in [-0.05, 0) is 18.1 Å². The van der Waals surface area contributed by atoms with Crippen LogP contribution in [0.15, 0.2) is 42.5 Å². The van der Waals surface area contributed by atoms with Gasteiger partial charge in [0.15, 0.2) is 5.69 Å². The van der Waals surface area contributed by atoms with Gasteiger partial charge in [0.05, 0.1) is 5.69 Å². The molecule has 0 aliphatic heterocycles. The summed E-state index contributed by atoms with van der Waals surface area (Å²) in [6.45, 7) is 2.03. The first-order chi connectivity index (χ1) is 10.1. The van der Waals surface area contributed by atoms with E-state index in [4.69, 9.17) is 11.5 Å². The molecule has 5 heteroatoms.